The van der Waals surface area contributed by atoms with Gasteiger partial charge >= 0.3 is 5.97 Å². The number of methoxy groups -OCH3 is 1. The molecule has 4 aromatic rings. The van der Waals surface area contributed by atoms with Gasteiger partial charge in [0.15, 0.2) is 11.3 Å². The quantitative estimate of drug-likeness (QED) is 0.387. The summed E-state index contributed by atoms with van der Waals surface area (Å²) in [6, 6.07) is 14.6. The third-order valence-corrected chi connectivity index (χ3v) is 4.81. The maximum absolute atomic E-state index is 14.0. The number of H-pyrrole nitrogens is 1. The van der Waals surface area contributed by atoms with Crippen LogP contribution in [0.25, 0.3) is 22.6 Å². The van der Waals surface area contributed by atoms with Crippen molar-refractivity contribution < 1.29 is 28.5 Å². The van der Waals surface area contributed by atoms with Crippen LogP contribution in [0.5, 0.6) is 11.5 Å². The Morgan fingerprint density at radius 3 is 2.67 bits per heavy atom. The minimum Gasteiger partial charge on any atom is -0.489 e. The lowest BCUT2D eigenvalue weighted by atomic mass is 10.2. The van der Waals surface area contributed by atoms with E-state index in [-0.39, 0.29) is 29.9 Å². The summed E-state index contributed by atoms with van der Waals surface area (Å²) < 4.78 is 30.9. The fourth-order valence-electron chi connectivity index (χ4n) is 3.29. The van der Waals surface area contributed by atoms with Crippen molar-refractivity contribution in [2.45, 2.75) is 19.6 Å². The number of carboxylic acids is 1. The molecule has 0 radical (unpaired) electrons. The highest BCUT2D eigenvalue weighted by Gasteiger charge is 2.14. The Bertz CT molecular complexity index is 1290. The van der Waals surface area contributed by atoms with E-state index in [1.807, 2.05) is 6.92 Å². The standard InChI is InChI=1S/C24H22FN3O5/c1-14(12-31-2)33-18-10-16(9-17(11-18)32-13-15-5-3-4-6-19(15)25)22-26-20-7-8-21(24(29)30)27-23(20)28-22/h3-11,14H,12-13H2,1-2H3,(H,29,30)(H,26,27,28)/t14-/m0/s1. The first kappa shape index (κ1) is 22.2. The van der Waals surface area contributed by atoms with Crippen LogP contribution < -0.4 is 9.47 Å². The number of aromatic nitrogens is 3. The zero-order chi connectivity index (χ0) is 23.4. The van der Waals surface area contributed by atoms with Crippen LogP contribution in [0.4, 0.5) is 4.39 Å². The van der Waals surface area contributed by atoms with Crippen LogP contribution in [0.2, 0.25) is 0 Å². The summed E-state index contributed by atoms with van der Waals surface area (Å²) >= 11 is 0. The monoisotopic (exact) mass is 451 g/mol. The molecular weight excluding hydrogens is 429 g/mol. The minimum absolute atomic E-state index is 0.0346. The highest BCUT2D eigenvalue weighted by Crippen LogP contribution is 2.31. The summed E-state index contributed by atoms with van der Waals surface area (Å²) in [6.45, 7) is 2.30. The van der Waals surface area contributed by atoms with Gasteiger partial charge in [-0.1, -0.05) is 18.2 Å². The molecule has 0 bridgehead atoms. The largest absolute Gasteiger partial charge is 0.489 e. The van der Waals surface area contributed by atoms with Gasteiger partial charge in [-0.15, -0.1) is 0 Å². The molecule has 2 N–H and O–H groups in total. The molecule has 2 aromatic carbocycles. The van der Waals surface area contributed by atoms with Gasteiger partial charge in [0.1, 0.15) is 35.9 Å². The average Bonchev–Trinajstić information content (AvgIpc) is 3.22. The van der Waals surface area contributed by atoms with Crippen molar-refractivity contribution >= 4 is 17.1 Å². The molecule has 2 aromatic heterocycles. The molecule has 0 aliphatic heterocycles. The van der Waals surface area contributed by atoms with E-state index in [0.717, 1.165) is 0 Å². The Labute approximate surface area is 189 Å². The van der Waals surface area contributed by atoms with E-state index in [9.17, 15) is 14.3 Å². The second-order valence-corrected chi connectivity index (χ2v) is 7.42. The lowest BCUT2D eigenvalue weighted by molar-refractivity contribution is 0.0691. The van der Waals surface area contributed by atoms with Gasteiger partial charge < -0.3 is 24.3 Å². The summed E-state index contributed by atoms with van der Waals surface area (Å²) in [5.74, 6) is -0.0555. The second kappa shape index (κ2) is 9.66. The molecule has 0 fully saturated rings. The van der Waals surface area contributed by atoms with Crippen molar-refractivity contribution in [3.05, 3.63) is 71.7 Å². The summed E-state index contributed by atoms with van der Waals surface area (Å²) in [5.41, 5.74) is 1.82. The number of imidazole rings is 1. The molecule has 8 nitrogen and oxygen atoms in total. The van der Waals surface area contributed by atoms with Crippen molar-refractivity contribution in [3.63, 3.8) is 0 Å². The van der Waals surface area contributed by atoms with E-state index >= 15 is 0 Å². The summed E-state index contributed by atoms with van der Waals surface area (Å²) in [6.07, 6.45) is -0.222. The van der Waals surface area contributed by atoms with Crippen LogP contribution in [-0.4, -0.2) is 45.8 Å². The van der Waals surface area contributed by atoms with Gasteiger partial charge in [0.05, 0.1) is 12.1 Å². The van der Waals surface area contributed by atoms with Crippen LogP contribution in [-0.2, 0) is 11.3 Å². The first-order valence-corrected chi connectivity index (χ1v) is 10.2. The van der Waals surface area contributed by atoms with Gasteiger partial charge in [0.2, 0.25) is 0 Å². The van der Waals surface area contributed by atoms with E-state index < -0.39 is 5.97 Å². The van der Waals surface area contributed by atoms with E-state index in [4.69, 9.17) is 14.2 Å². The first-order chi connectivity index (χ1) is 15.9. The molecule has 0 aliphatic carbocycles. The van der Waals surface area contributed by atoms with Crippen molar-refractivity contribution in [1.29, 1.82) is 0 Å². The average molecular weight is 451 g/mol. The van der Waals surface area contributed by atoms with Gasteiger partial charge in [0, 0.05) is 24.3 Å². The third kappa shape index (κ3) is 5.27. The zero-order valence-corrected chi connectivity index (χ0v) is 18.0. The van der Waals surface area contributed by atoms with E-state index in [1.54, 1.807) is 49.6 Å². The molecule has 170 valence electrons. The Hall–Kier alpha value is -3.98. The van der Waals surface area contributed by atoms with Gasteiger partial charge in [-0.3, -0.25) is 0 Å². The predicted octanol–water partition coefficient (Wildman–Crippen LogP) is 4.45. The molecule has 4 rings (SSSR count). The molecule has 0 aliphatic rings. The number of hydrogen-bond acceptors (Lipinski definition) is 6. The van der Waals surface area contributed by atoms with Gasteiger partial charge in [-0.05, 0) is 37.3 Å². The molecule has 9 heteroatoms. The van der Waals surface area contributed by atoms with Crippen molar-refractivity contribution in [2.75, 3.05) is 13.7 Å². The molecule has 0 saturated carbocycles. The lowest BCUT2D eigenvalue weighted by Gasteiger charge is -2.16. The Morgan fingerprint density at radius 2 is 1.91 bits per heavy atom. The Morgan fingerprint density at radius 1 is 1.12 bits per heavy atom. The molecule has 0 unspecified atom stereocenters. The van der Waals surface area contributed by atoms with Gasteiger partial charge in [0.25, 0.3) is 0 Å². The summed E-state index contributed by atoms with van der Waals surface area (Å²) in [4.78, 5) is 22.8. The number of fused-ring (bicyclic) bond motifs is 1. The van der Waals surface area contributed by atoms with Gasteiger partial charge in [-0.2, -0.15) is 0 Å². The van der Waals surface area contributed by atoms with Crippen molar-refractivity contribution in [1.82, 2.24) is 15.0 Å². The van der Waals surface area contributed by atoms with E-state index in [1.165, 1.54) is 12.1 Å². The number of halogens is 1. The van der Waals surface area contributed by atoms with Crippen LogP contribution >= 0.6 is 0 Å². The van der Waals surface area contributed by atoms with Crippen LogP contribution in [0.1, 0.15) is 23.0 Å². The SMILES string of the molecule is COC[C@H](C)Oc1cc(OCc2ccccc2F)cc(-c2nc3nc(C(=O)O)ccc3[nH]2)c1. The number of benzene rings is 2. The van der Waals surface area contributed by atoms with E-state index in [2.05, 4.69) is 15.0 Å². The maximum Gasteiger partial charge on any atom is 0.354 e. The molecular formula is C24H22FN3O5. The third-order valence-electron chi connectivity index (χ3n) is 4.81. The van der Waals surface area contributed by atoms with Crippen molar-refractivity contribution in [3.8, 4) is 22.9 Å². The number of rotatable bonds is 9. The van der Waals surface area contributed by atoms with Gasteiger partial charge in [-0.25, -0.2) is 19.2 Å². The number of carbonyl (C=O) groups is 1. The molecule has 0 amide bonds. The fraction of sp³-hybridized carbons (Fsp3) is 0.208. The molecule has 0 spiro atoms. The topological polar surface area (TPSA) is 107 Å². The Kier molecular flexibility index (Phi) is 6.50. The van der Waals surface area contributed by atoms with Crippen molar-refractivity contribution in [2.24, 2.45) is 0 Å². The number of ether oxygens (including phenoxy) is 3. The van der Waals surface area contributed by atoms with Crippen LogP contribution in [0, 0.1) is 5.82 Å². The predicted molar refractivity (Wildman–Crippen MR) is 119 cm³/mol. The lowest BCUT2D eigenvalue weighted by Crippen LogP contribution is -2.18. The second-order valence-electron chi connectivity index (χ2n) is 7.42. The minimum atomic E-state index is -1.13. The molecule has 0 saturated heterocycles. The van der Waals surface area contributed by atoms with Crippen LogP contribution in [0.3, 0.4) is 0 Å². The zero-order valence-electron chi connectivity index (χ0n) is 18.0. The number of pyridine rings is 1. The smallest absolute Gasteiger partial charge is 0.354 e. The number of nitrogens with zero attached hydrogens (tertiary/aromatic N) is 2. The normalized spacial score (nSPS) is 12.0. The maximum atomic E-state index is 14.0. The number of nitrogens with one attached hydrogen (secondary N) is 1. The fourth-order valence-corrected chi connectivity index (χ4v) is 3.29. The number of carboxylic acid groups (broad SMARTS) is 1. The summed E-state index contributed by atoms with van der Waals surface area (Å²) in [7, 11) is 1.59. The van der Waals surface area contributed by atoms with E-state index in [0.29, 0.717) is 40.6 Å². The number of hydrogen-bond donors (Lipinski definition) is 2. The highest BCUT2D eigenvalue weighted by atomic mass is 19.1. The first-order valence-electron chi connectivity index (χ1n) is 10.2. The Balaban J connectivity index is 1.68. The summed E-state index contributed by atoms with van der Waals surface area (Å²) in [5, 5.41) is 9.17. The molecule has 1 atom stereocenters. The highest BCUT2D eigenvalue weighted by molar-refractivity contribution is 5.88. The number of aromatic amines is 1. The number of aromatic carboxylic acids is 1. The van der Waals surface area contributed by atoms with Crippen LogP contribution in [0.15, 0.2) is 54.6 Å². The molecule has 2 heterocycles. The molecule has 33 heavy (non-hydrogen) atoms.